The second-order valence-electron chi connectivity index (χ2n) is 7.50. The summed E-state index contributed by atoms with van der Waals surface area (Å²) in [6, 6.07) is 36.2. The van der Waals surface area contributed by atoms with Crippen LogP contribution in [0.25, 0.3) is 33.0 Å². The molecule has 0 aliphatic heterocycles. The van der Waals surface area contributed by atoms with Crippen LogP contribution in [-0.2, 0) is 0 Å². The van der Waals surface area contributed by atoms with Crippen LogP contribution in [0.15, 0.2) is 109 Å². The van der Waals surface area contributed by atoms with Crippen LogP contribution < -0.4 is 16.2 Å². The van der Waals surface area contributed by atoms with Crippen molar-refractivity contribution < 1.29 is 4.74 Å². The average Bonchev–Trinajstić information content (AvgIpc) is 2.81. The number of hydrogen-bond donors (Lipinski definition) is 2. The van der Waals surface area contributed by atoms with E-state index in [0.717, 1.165) is 50.2 Å². The minimum Gasteiger partial charge on any atom is -0.457 e. The van der Waals surface area contributed by atoms with Gasteiger partial charge in [0.2, 0.25) is 0 Å². The molecule has 0 aliphatic rings. The molecule has 3 nitrogen and oxygen atoms in total. The van der Waals surface area contributed by atoms with Gasteiger partial charge < -0.3 is 16.2 Å². The van der Waals surface area contributed by atoms with Gasteiger partial charge in [-0.3, -0.25) is 0 Å². The maximum Gasteiger partial charge on any atom is 0.135 e. The minimum atomic E-state index is 0.707. The van der Waals surface area contributed by atoms with Crippen LogP contribution in [0.3, 0.4) is 0 Å². The molecule has 0 bridgehead atoms. The highest BCUT2D eigenvalue weighted by atomic mass is 16.5. The molecule has 5 rings (SSSR count). The highest BCUT2D eigenvalue weighted by molar-refractivity contribution is 5.97. The molecular weight excluding hydrogens is 380 g/mol. The largest absolute Gasteiger partial charge is 0.457 e. The van der Waals surface area contributed by atoms with Crippen molar-refractivity contribution in [3.8, 4) is 33.8 Å². The SMILES string of the molecule is Nc1ccc(Oc2cc(-c3cccc(N)c3-c3ccccc3)cc3ccccc23)cc1. The number of hydrogen-bond acceptors (Lipinski definition) is 3. The first kappa shape index (κ1) is 18.8. The first-order valence-corrected chi connectivity index (χ1v) is 10.2. The van der Waals surface area contributed by atoms with Crippen LogP contribution in [0.4, 0.5) is 11.4 Å². The van der Waals surface area contributed by atoms with Crippen molar-refractivity contribution in [3.63, 3.8) is 0 Å². The summed E-state index contributed by atoms with van der Waals surface area (Å²) in [7, 11) is 0. The molecule has 3 heteroatoms. The Morgan fingerprint density at radius 2 is 1.32 bits per heavy atom. The monoisotopic (exact) mass is 402 g/mol. The van der Waals surface area contributed by atoms with E-state index in [9.17, 15) is 0 Å². The molecular formula is C28H22N2O. The second-order valence-corrected chi connectivity index (χ2v) is 7.50. The molecule has 0 saturated carbocycles. The number of anilines is 2. The van der Waals surface area contributed by atoms with Crippen molar-refractivity contribution in [2.75, 3.05) is 11.5 Å². The molecule has 31 heavy (non-hydrogen) atoms. The number of nitrogens with two attached hydrogens (primary N) is 2. The van der Waals surface area contributed by atoms with E-state index < -0.39 is 0 Å². The lowest BCUT2D eigenvalue weighted by atomic mass is 9.91. The van der Waals surface area contributed by atoms with E-state index in [1.165, 1.54) is 0 Å². The van der Waals surface area contributed by atoms with E-state index in [4.69, 9.17) is 16.2 Å². The molecule has 0 fully saturated rings. The van der Waals surface area contributed by atoms with E-state index in [1.54, 1.807) is 0 Å². The molecule has 0 aromatic heterocycles. The fourth-order valence-corrected chi connectivity index (χ4v) is 3.92. The summed E-state index contributed by atoms with van der Waals surface area (Å²) in [6.45, 7) is 0. The van der Waals surface area contributed by atoms with Gasteiger partial charge in [-0.25, -0.2) is 0 Å². The average molecular weight is 402 g/mol. The summed E-state index contributed by atoms with van der Waals surface area (Å²) < 4.78 is 6.30. The van der Waals surface area contributed by atoms with Crippen LogP contribution in [0.1, 0.15) is 0 Å². The molecule has 5 aromatic carbocycles. The topological polar surface area (TPSA) is 61.3 Å². The molecule has 4 N–H and O–H groups in total. The predicted octanol–water partition coefficient (Wildman–Crippen LogP) is 7.13. The Hall–Kier alpha value is -4.24. The summed E-state index contributed by atoms with van der Waals surface area (Å²) in [4.78, 5) is 0. The molecule has 150 valence electrons. The van der Waals surface area contributed by atoms with Gasteiger partial charge in [0.05, 0.1) is 0 Å². The molecule has 0 radical (unpaired) electrons. The summed E-state index contributed by atoms with van der Waals surface area (Å²) in [6.07, 6.45) is 0. The second kappa shape index (κ2) is 7.88. The summed E-state index contributed by atoms with van der Waals surface area (Å²) in [5, 5.41) is 2.15. The van der Waals surface area contributed by atoms with E-state index >= 15 is 0 Å². The standard InChI is InChI=1S/C28H22N2O/c29-22-13-15-23(16-14-22)31-27-18-21(17-20-9-4-5-10-24(20)27)25-11-6-12-26(30)28(25)19-7-2-1-3-8-19/h1-18H,29-30H2. The lowest BCUT2D eigenvalue weighted by Crippen LogP contribution is -1.94. The van der Waals surface area contributed by atoms with Crippen molar-refractivity contribution in [2.24, 2.45) is 0 Å². The zero-order chi connectivity index (χ0) is 21.2. The molecule has 0 saturated heterocycles. The summed E-state index contributed by atoms with van der Waals surface area (Å²) in [5.74, 6) is 1.53. The van der Waals surface area contributed by atoms with Crippen molar-refractivity contribution in [3.05, 3.63) is 109 Å². The number of fused-ring (bicyclic) bond motifs is 1. The van der Waals surface area contributed by atoms with Gasteiger partial charge in [-0.1, -0.05) is 66.7 Å². The van der Waals surface area contributed by atoms with Gasteiger partial charge >= 0.3 is 0 Å². The Balaban J connectivity index is 1.70. The Morgan fingerprint density at radius 3 is 2.13 bits per heavy atom. The summed E-state index contributed by atoms with van der Waals surface area (Å²) in [5.41, 5.74) is 18.0. The van der Waals surface area contributed by atoms with Gasteiger partial charge in [0, 0.05) is 22.3 Å². The Kier molecular flexibility index (Phi) is 4.77. The zero-order valence-corrected chi connectivity index (χ0v) is 17.0. The van der Waals surface area contributed by atoms with Crippen LogP contribution >= 0.6 is 0 Å². The van der Waals surface area contributed by atoms with Gasteiger partial charge in [-0.15, -0.1) is 0 Å². The Bertz CT molecular complexity index is 1360. The quantitative estimate of drug-likeness (QED) is 0.314. The zero-order valence-electron chi connectivity index (χ0n) is 17.0. The van der Waals surface area contributed by atoms with Gasteiger partial charge in [0.25, 0.3) is 0 Å². The third-order valence-electron chi connectivity index (χ3n) is 5.40. The number of rotatable bonds is 4. The number of nitrogen functional groups attached to an aromatic ring is 2. The van der Waals surface area contributed by atoms with Crippen LogP contribution in [0.5, 0.6) is 11.5 Å². The Morgan fingerprint density at radius 1 is 0.581 bits per heavy atom. The van der Waals surface area contributed by atoms with Gasteiger partial charge in [0.1, 0.15) is 11.5 Å². The molecule has 0 heterocycles. The van der Waals surface area contributed by atoms with Gasteiger partial charge in [0.15, 0.2) is 0 Å². The van der Waals surface area contributed by atoms with Crippen molar-refractivity contribution in [2.45, 2.75) is 0 Å². The van der Waals surface area contributed by atoms with Crippen LogP contribution in [0, 0.1) is 0 Å². The predicted molar refractivity (Wildman–Crippen MR) is 130 cm³/mol. The third kappa shape index (κ3) is 3.69. The first-order chi connectivity index (χ1) is 15.2. The molecule has 0 spiro atoms. The van der Waals surface area contributed by atoms with Gasteiger partial charge in [-0.2, -0.15) is 0 Å². The lowest BCUT2D eigenvalue weighted by Gasteiger charge is -2.16. The lowest BCUT2D eigenvalue weighted by molar-refractivity contribution is 0.488. The third-order valence-corrected chi connectivity index (χ3v) is 5.40. The van der Waals surface area contributed by atoms with Crippen molar-refractivity contribution in [1.82, 2.24) is 0 Å². The fraction of sp³-hybridized carbons (Fsp3) is 0. The first-order valence-electron chi connectivity index (χ1n) is 10.2. The maximum atomic E-state index is 6.44. The number of benzene rings is 5. The molecule has 0 amide bonds. The van der Waals surface area contributed by atoms with Crippen LogP contribution in [-0.4, -0.2) is 0 Å². The molecule has 5 aromatic rings. The summed E-state index contributed by atoms with van der Waals surface area (Å²) >= 11 is 0. The molecule has 0 atom stereocenters. The smallest absolute Gasteiger partial charge is 0.135 e. The normalized spacial score (nSPS) is 10.8. The van der Waals surface area contributed by atoms with E-state index in [-0.39, 0.29) is 0 Å². The fourth-order valence-electron chi connectivity index (χ4n) is 3.92. The van der Waals surface area contributed by atoms with E-state index in [2.05, 4.69) is 42.5 Å². The maximum absolute atomic E-state index is 6.44. The molecule has 0 aliphatic carbocycles. The minimum absolute atomic E-state index is 0.707. The van der Waals surface area contributed by atoms with E-state index in [0.29, 0.717) is 5.69 Å². The van der Waals surface area contributed by atoms with Gasteiger partial charge in [-0.05, 0) is 64.5 Å². The highest BCUT2D eigenvalue weighted by Crippen LogP contribution is 2.41. The number of ether oxygens (including phenoxy) is 1. The van der Waals surface area contributed by atoms with E-state index in [1.807, 2.05) is 66.7 Å². The molecule has 0 unspecified atom stereocenters. The highest BCUT2D eigenvalue weighted by Gasteiger charge is 2.14. The Labute approximate surface area is 181 Å². The van der Waals surface area contributed by atoms with Crippen molar-refractivity contribution in [1.29, 1.82) is 0 Å². The van der Waals surface area contributed by atoms with Crippen molar-refractivity contribution >= 4 is 22.1 Å². The van der Waals surface area contributed by atoms with Crippen LogP contribution in [0.2, 0.25) is 0 Å².